The number of rotatable bonds is 3. The van der Waals surface area contributed by atoms with Crippen LogP contribution < -0.4 is 0 Å². The SMILES string of the molecule is CO[C@@H]1OC(=O)[C@H](CO)[C@@H]2CC=C(CO)[C@@H]12. The standard InChI is InChI=1S/C11H16O5/c1-15-11-9-6(4-12)2-3-7(9)8(5-13)10(14)16-11/h2,7-9,11-13H,3-5H2,1H3/t7-,8+,9+,11+/m0/s1. The fourth-order valence-electron chi connectivity index (χ4n) is 2.66. The second-order valence-corrected chi connectivity index (χ2v) is 4.19. The largest absolute Gasteiger partial charge is 0.435 e. The highest BCUT2D eigenvalue weighted by atomic mass is 16.7. The van der Waals surface area contributed by atoms with E-state index in [9.17, 15) is 15.0 Å². The number of ether oxygens (including phenoxy) is 2. The molecule has 1 saturated heterocycles. The van der Waals surface area contributed by atoms with Crippen LogP contribution in [0.1, 0.15) is 6.42 Å². The smallest absolute Gasteiger partial charge is 0.313 e. The van der Waals surface area contributed by atoms with Crippen LogP contribution in [0.5, 0.6) is 0 Å². The zero-order chi connectivity index (χ0) is 11.7. The molecule has 4 atom stereocenters. The second kappa shape index (κ2) is 4.53. The zero-order valence-electron chi connectivity index (χ0n) is 9.13. The molecule has 0 radical (unpaired) electrons. The molecule has 0 saturated carbocycles. The highest BCUT2D eigenvalue weighted by Gasteiger charge is 2.49. The van der Waals surface area contributed by atoms with Crippen LogP contribution in [0.25, 0.3) is 0 Å². The Bertz CT molecular complexity index is 311. The van der Waals surface area contributed by atoms with Crippen LogP contribution >= 0.6 is 0 Å². The average molecular weight is 228 g/mol. The van der Waals surface area contributed by atoms with Gasteiger partial charge in [-0.1, -0.05) is 6.08 Å². The average Bonchev–Trinajstić information content (AvgIpc) is 2.71. The molecule has 0 amide bonds. The molecule has 0 bridgehead atoms. The molecular formula is C11H16O5. The van der Waals surface area contributed by atoms with E-state index in [0.29, 0.717) is 6.42 Å². The van der Waals surface area contributed by atoms with Crippen LogP contribution in [-0.4, -0.2) is 42.8 Å². The summed E-state index contributed by atoms with van der Waals surface area (Å²) in [5, 5.41) is 18.4. The molecule has 1 fully saturated rings. The summed E-state index contributed by atoms with van der Waals surface area (Å²) in [5.41, 5.74) is 0.836. The molecular weight excluding hydrogens is 212 g/mol. The third-order valence-corrected chi connectivity index (χ3v) is 3.50. The molecule has 90 valence electrons. The van der Waals surface area contributed by atoms with Crippen molar-refractivity contribution in [3.05, 3.63) is 11.6 Å². The lowest BCUT2D eigenvalue weighted by Crippen LogP contribution is -2.46. The van der Waals surface area contributed by atoms with Crippen molar-refractivity contribution in [1.82, 2.24) is 0 Å². The highest BCUT2D eigenvalue weighted by molar-refractivity contribution is 5.74. The maximum atomic E-state index is 11.6. The number of esters is 1. The molecule has 1 aliphatic carbocycles. The Labute approximate surface area is 93.7 Å². The number of hydrogen-bond donors (Lipinski definition) is 2. The lowest BCUT2D eigenvalue weighted by Gasteiger charge is -2.37. The van der Waals surface area contributed by atoms with Crippen molar-refractivity contribution >= 4 is 5.97 Å². The lowest BCUT2D eigenvalue weighted by atomic mass is 9.79. The normalized spacial score (nSPS) is 37.9. The van der Waals surface area contributed by atoms with Crippen molar-refractivity contribution in [1.29, 1.82) is 0 Å². The first-order chi connectivity index (χ1) is 7.72. The van der Waals surface area contributed by atoms with E-state index in [1.165, 1.54) is 7.11 Å². The molecule has 0 aromatic rings. The first-order valence-corrected chi connectivity index (χ1v) is 5.36. The van der Waals surface area contributed by atoms with Crippen LogP contribution in [0.2, 0.25) is 0 Å². The van der Waals surface area contributed by atoms with E-state index in [2.05, 4.69) is 0 Å². The van der Waals surface area contributed by atoms with Gasteiger partial charge in [0.2, 0.25) is 6.29 Å². The summed E-state index contributed by atoms with van der Waals surface area (Å²) >= 11 is 0. The molecule has 2 aliphatic rings. The zero-order valence-corrected chi connectivity index (χ0v) is 9.13. The minimum Gasteiger partial charge on any atom is -0.435 e. The van der Waals surface area contributed by atoms with Gasteiger partial charge in [-0.05, 0) is 17.9 Å². The van der Waals surface area contributed by atoms with E-state index in [4.69, 9.17) is 9.47 Å². The molecule has 2 rings (SSSR count). The van der Waals surface area contributed by atoms with Crippen molar-refractivity contribution in [3.63, 3.8) is 0 Å². The third kappa shape index (κ3) is 1.65. The van der Waals surface area contributed by atoms with Crippen molar-refractivity contribution in [2.75, 3.05) is 20.3 Å². The monoisotopic (exact) mass is 228 g/mol. The predicted octanol–water partition coefficient (Wildman–Crippen LogP) is -0.321. The van der Waals surface area contributed by atoms with Gasteiger partial charge in [-0.2, -0.15) is 0 Å². The van der Waals surface area contributed by atoms with E-state index in [1.54, 1.807) is 0 Å². The number of aliphatic hydroxyl groups excluding tert-OH is 2. The van der Waals surface area contributed by atoms with Crippen molar-refractivity contribution in [3.8, 4) is 0 Å². The summed E-state index contributed by atoms with van der Waals surface area (Å²) in [4.78, 5) is 11.6. The minimum atomic E-state index is -0.638. The molecule has 1 aliphatic heterocycles. The number of carbonyl (C=O) groups excluding carboxylic acids is 1. The van der Waals surface area contributed by atoms with Gasteiger partial charge in [-0.3, -0.25) is 4.79 Å². The van der Waals surface area contributed by atoms with Crippen LogP contribution in [0.3, 0.4) is 0 Å². The minimum absolute atomic E-state index is 0.0154. The van der Waals surface area contributed by atoms with E-state index in [0.717, 1.165) is 5.57 Å². The van der Waals surface area contributed by atoms with Crippen molar-refractivity contribution < 1.29 is 24.5 Å². The summed E-state index contributed by atoms with van der Waals surface area (Å²) in [7, 11) is 1.47. The molecule has 2 N–H and O–H groups in total. The maximum Gasteiger partial charge on any atom is 0.313 e. The fraction of sp³-hybridized carbons (Fsp3) is 0.727. The van der Waals surface area contributed by atoms with E-state index < -0.39 is 18.2 Å². The van der Waals surface area contributed by atoms with Crippen LogP contribution in [0, 0.1) is 17.8 Å². The number of methoxy groups -OCH3 is 1. The molecule has 0 aromatic heterocycles. The third-order valence-electron chi connectivity index (χ3n) is 3.50. The topological polar surface area (TPSA) is 76.0 Å². The Kier molecular flexibility index (Phi) is 3.28. The van der Waals surface area contributed by atoms with Crippen molar-refractivity contribution in [2.45, 2.75) is 12.7 Å². The Morgan fingerprint density at radius 1 is 1.56 bits per heavy atom. The lowest BCUT2D eigenvalue weighted by molar-refractivity contribution is -0.211. The molecule has 16 heavy (non-hydrogen) atoms. The molecule has 5 nitrogen and oxygen atoms in total. The van der Waals surface area contributed by atoms with E-state index in [-0.39, 0.29) is 25.0 Å². The Morgan fingerprint density at radius 3 is 2.88 bits per heavy atom. The molecule has 0 aromatic carbocycles. The fourth-order valence-corrected chi connectivity index (χ4v) is 2.66. The summed E-state index contributed by atoms with van der Waals surface area (Å²) in [6.07, 6.45) is 1.95. The number of cyclic esters (lactones) is 1. The van der Waals surface area contributed by atoms with E-state index >= 15 is 0 Å². The number of aliphatic hydroxyl groups is 2. The Hall–Kier alpha value is -0.910. The quantitative estimate of drug-likeness (QED) is 0.511. The summed E-state index contributed by atoms with van der Waals surface area (Å²) < 4.78 is 10.2. The van der Waals surface area contributed by atoms with Crippen LogP contribution in [-0.2, 0) is 14.3 Å². The maximum absolute atomic E-state index is 11.6. The Balaban J connectivity index is 2.24. The van der Waals surface area contributed by atoms with Gasteiger partial charge in [0.15, 0.2) is 0 Å². The van der Waals surface area contributed by atoms with Gasteiger partial charge < -0.3 is 19.7 Å². The second-order valence-electron chi connectivity index (χ2n) is 4.19. The molecule has 1 heterocycles. The first-order valence-electron chi connectivity index (χ1n) is 5.36. The van der Waals surface area contributed by atoms with Gasteiger partial charge in [0.05, 0.1) is 19.1 Å². The number of carbonyl (C=O) groups is 1. The number of allylic oxidation sites excluding steroid dienone is 1. The van der Waals surface area contributed by atoms with Crippen LogP contribution in [0.4, 0.5) is 0 Å². The molecule has 0 unspecified atom stereocenters. The number of fused-ring (bicyclic) bond motifs is 1. The molecule has 0 spiro atoms. The summed E-state index contributed by atoms with van der Waals surface area (Å²) in [6, 6.07) is 0. The predicted molar refractivity (Wildman–Crippen MR) is 54.2 cm³/mol. The first kappa shape index (κ1) is 11.6. The number of hydrogen-bond acceptors (Lipinski definition) is 5. The van der Waals surface area contributed by atoms with Gasteiger partial charge >= 0.3 is 5.97 Å². The van der Waals surface area contributed by atoms with Gasteiger partial charge in [0, 0.05) is 13.0 Å². The Morgan fingerprint density at radius 2 is 2.31 bits per heavy atom. The summed E-state index contributed by atoms with van der Waals surface area (Å²) in [5.74, 6) is -1.05. The van der Waals surface area contributed by atoms with Gasteiger partial charge in [-0.15, -0.1) is 0 Å². The highest BCUT2D eigenvalue weighted by Crippen LogP contribution is 2.43. The molecule has 5 heteroatoms. The van der Waals surface area contributed by atoms with Crippen molar-refractivity contribution in [2.24, 2.45) is 17.8 Å². The summed E-state index contributed by atoms with van der Waals surface area (Å²) in [6.45, 7) is -0.278. The van der Waals surface area contributed by atoms with Gasteiger partial charge in [-0.25, -0.2) is 0 Å². The van der Waals surface area contributed by atoms with Crippen LogP contribution in [0.15, 0.2) is 11.6 Å². The van der Waals surface area contributed by atoms with Gasteiger partial charge in [0.25, 0.3) is 0 Å². The van der Waals surface area contributed by atoms with E-state index in [1.807, 2.05) is 6.08 Å². The van der Waals surface area contributed by atoms with Gasteiger partial charge in [0.1, 0.15) is 0 Å².